The van der Waals surface area contributed by atoms with Crippen LogP contribution in [0.1, 0.15) is 62.0 Å². The van der Waals surface area contributed by atoms with Crippen molar-refractivity contribution in [2.75, 3.05) is 20.8 Å². The lowest BCUT2D eigenvalue weighted by molar-refractivity contribution is -0.310. The van der Waals surface area contributed by atoms with Gasteiger partial charge >= 0.3 is 0 Å². The molecular weight excluding hydrogens is 320 g/mol. The van der Waals surface area contributed by atoms with Crippen LogP contribution in [-0.4, -0.2) is 37.3 Å². The van der Waals surface area contributed by atoms with E-state index in [1.807, 2.05) is 41.5 Å². The Bertz CT molecular complexity index is 638. The van der Waals surface area contributed by atoms with E-state index < -0.39 is 17.5 Å². The molecule has 0 bridgehead atoms. The van der Waals surface area contributed by atoms with Gasteiger partial charge in [0.05, 0.1) is 32.5 Å². The van der Waals surface area contributed by atoms with Crippen molar-refractivity contribution in [1.29, 1.82) is 0 Å². The summed E-state index contributed by atoms with van der Waals surface area (Å²) in [5.74, 6) is 0.871. The van der Waals surface area contributed by atoms with E-state index in [1.165, 1.54) is 0 Å². The average Bonchev–Trinajstić information content (AvgIpc) is 2.49. The van der Waals surface area contributed by atoms with Crippen LogP contribution in [0.2, 0.25) is 0 Å². The standard InChI is InChI=1S/C20H32O5/c1-12-13(2)18(23-8)16(14(3)17(12)22-7)15(21)11-20(6)9-10-24-19(4,5)25-20/h15,21H,9-11H2,1-8H3/t15?,20-/m1/s1. The highest BCUT2D eigenvalue weighted by molar-refractivity contribution is 5.58. The van der Waals surface area contributed by atoms with Crippen molar-refractivity contribution in [3.05, 3.63) is 22.3 Å². The Balaban J connectivity index is 2.42. The summed E-state index contributed by atoms with van der Waals surface area (Å²) >= 11 is 0. The third-order valence-corrected chi connectivity index (χ3v) is 5.17. The number of aliphatic hydroxyl groups excluding tert-OH is 1. The van der Waals surface area contributed by atoms with Gasteiger partial charge in [-0.25, -0.2) is 0 Å². The number of hydrogen-bond donors (Lipinski definition) is 1. The van der Waals surface area contributed by atoms with E-state index in [0.29, 0.717) is 13.0 Å². The Kier molecular flexibility index (Phi) is 5.71. The van der Waals surface area contributed by atoms with E-state index in [4.69, 9.17) is 18.9 Å². The maximum Gasteiger partial charge on any atom is 0.163 e. The smallest absolute Gasteiger partial charge is 0.163 e. The molecule has 0 aliphatic carbocycles. The predicted molar refractivity (Wildman–Crippen MR) is 97.5 cm³/mol. The van der Waals surface area contributed by atoms with Crippen LogP contribution in [0.25, 0.3) is 0 Å². The third kappa shape index (κ3) is 3.94. The summed E-state index contributed by atoms with van der Waals surface area (Å²) in [7, 11) is 3.29. The second-order valence-corrected chi connectivity index (χ2v) is 7.63. The maximum absolute atomic E-state index is 11.1. The summed E-state index contributed by atoms with van der Waals surface area (Å²) in [5.41, 5.74) is 3.23. The third-order valence-electron chi connectivity index (χ3n) is 5.17. The Morgan fingerprint density at radius 2 is 1.56 bits per heavy atom. The molecule has 142 valence electrons. The highest BCUT2D eigenvalue weighted by Gasteiger charge is 2.40. The molecule has 1 unspecified atom stereocenters. The Morgan fingerprint density at radius 3 is 2.08 bits per heavy atom. The summed E-state index contributed by atoms with van der Waals surface area (Å²) < 4.78 is 23.0. The summed E-state index contributed by atoms with van der Waals surface area (Å²) in [6, 6.07) is 0. The first kappa shape index (κ1) is 20.0. The highest BCUT2D eigenvalue weighted by atomic mass is 16.7. The zero-order chi connectivity index (χ0) is 19.0. The number of rotatable bonds is 5. The quantitative estimate of drug-likeness (QED) is 0.868. The van der Waals surface area contributed by atoms with Crippen molar-refractivity contribution in [3.8, 4) is 11.5 Å². The van der Waals surface area contributed by atoms with Gasteiger partial charge in [-0.15, -0.1) is 0 Å². The zero-order valence-electron chi connectivity index (χ0n) is 16.8. The molecule has 1 heterocycles. The number of hydrogen-bond acceptors (Lipinski definition) is 5. The topological polar surface area (TPSA) is 57.2 Å². The Labute approximate surface area is 151 Å². The summed E-state index contributed by atoms with van der Waals surface area (Å²) in [5, 5.41) is 11.1. The van der Waals surface area contributed by atoms with Crippen molar-refractivity contribution in [2.24, 2.45) is 0 Å². The second-order valence-electron chi connectivity index (χ2n) is 7.63. The summed E-state index contributed by atoms with van der Waals surface area (Å²) in [6.45, 7) is 12.4. The fourth-order valence-electron chi connectivity index (χ4n) is 3.93. The van der Waals surface area contributed by atoms with Crippen LogP contribution in [0.5, 0.6) is 11.5 Å². The number of benzene rings is 1. The fraction of sp³-hybridized carbons (Fsp3) is 0.700. The van der Waals surface area contributed by atoms with E-state index in [0.717, 1.165) is 40.2 Å². The van der Waals surface area contributed by atoms with Crippen molar-refractivity contribution in [2.45, 2.75) is 71.9 Å². The molecule has 1 saturated heterocycles. The molecule has 0 amide bonds. The lowest BCUT2D eigenvalue weighted by Crippen LogP contribution is -2.47. The van der Waals surface area contributed by atoms with E-state index in [2.05, 4.69) is 0 Å². The largest absolute Gasteiger partial charge is 0.496 e. The lowest BCUT2D eigenvalue weighted by atomic mass is 9.86. The molecule has 25 heavy (non-hydrogen) atoms. The minimum atomic E-state index is -0.720. The monoisotopic (exact) mass is 352 g/mol. The van der Waals surface area contributed by atoms with Gasteiger partial charge in [0, 0.05) is 17.5 Å². The molecule has 0 radical (unpaired) electrons. The van der Waals surface area contributed by atoms with Gasteiger partial charge in [-0.05, 0) is 59.1 Å². The van der Waals surface area contributed by atoms with Gasteiger partial charge in [-0.1, -0.05) is 0 Å². The van der Waals surface area contributed by atoms with Crippen LogP contribution in [0.4, 0.5) is 0 Å². The maximum atomic E-state index is 11.1. The molecule has 1 aliphatic rings. The molecule has 5 heteroatoms. The highest BCUT2D eigenvalue weighted by Crippen LogP contribution is 2.44. The van der Waals surface area contributed by atoms with E-state index in [-0.39, 0.29) is 0 Å². The van der Waals surface area contributed by atoms with Crippen molar-refractivity contribution in [1.82, 2.24) is 0 Å². The Hall–Kier alpha value is -1.30. The summed E-state index contributed by atoms with van der Waals surface area (Å²) in [4.78, 5) is 0. The molecule has 0 saturated carbocycles. The van der Waals surface area contributed by atoms with Crippen LogP contribution in [-0.2, 0) is 9.47 Å². The van der Waals surface area contributed by atoms with Crippen LogP contribution in [0, 0.1) is 20.8 Å². The average molecular weight is 352 g/mol. The van der Waals surface area contributed by atoms with Crippen LogP contribution >= 0.6 is 0 Å². The first-order valence-electron chi connectivity index (χ1n) is 8.79. The lowest BCUT2D eigenvalue weighted by Gasteiger charge is -2.44. The number of methoxy groups -OCH3 is 2. The van der Waals surface area contributed by atoms with Crippen LogP contribution < -0.4 is 9.47 Å². The van der Waals surface area contributed by atoms with Crippen molar-refractivity contribution >= 4 is 0 Å². The predicted octanol–water partition coefficient (Wildman–Crippen LogP) is 3.98. The van der Waals surface area contributed by atoms with E-state index in [1.54, 1.807) is 14.2 Å². The normalized spacial score (nSPS) is 24.0. The van der Waals surface area contributed by atoms with E-state index >= 15 is 0 Å². The molecule has 0 spiro atoms. The molecule has 2 rings (SSSR count). The SMILES string of the molecule is COc1c(C)c(C)c(OC)c(C(O)C[C@@]2(C)CCOC(C)(C)O2)c1C. The molecule has 1 N–H and O–H groups in total. The first-order valence-corrected chi connectivity index (χ1v) is 8.79. The molecule has 5 nitrogen and oxygen atoms in total. The van der Waals surface area contributed by atoms with E-state index in [9.17, 15) is 5.11 Å². The number of aliphatic hydroxyl groups is 1. The van der Waals surface area contributed by atoms with Gasteiger partial charge in [0.2, 0.25) is 0 Å². The molecule has 1 fully saturated rings. The minimum Gasteiger partial charge on any atom is -0.496 e. The molecular formula is C20H32O5. The zero-order valence-corrected chi connectivity index (χ0v) is 16.8. The van der Waals surface area contributed by atoms with Gasteiger partial charge in [-0.3, -0.25) is 0 Å². The van der Waals surface area contributed by atoms with Gasteiger partial charge in [0.15, 0.2) is 5.79 Å². The van der Waals surface area contributed by atoms with Crippen molar-refractivity contribution in [3.63, 3.8) is 0 Å². The van der Waals surface area contributed by atoms with Gasteiger partial charge in [0.25, 0.3) is 0 Å². The van der Waals surface area contributed by atoms with Gasteiger partial charge < -0.3 is 24.1 Å². The molecule has 1 aromatic carbocycles. The molecule has 1 aromatic rings. The molecule has 0 aromatic heterocycles. The first-order chi connectivity index (χ1) is 11.5. The van der Waals surface area contributed by atoms with Crippen molar-refractivity contribution < 1.29 is 24.1 Å². The minimum absolute atomic E-state index is 0.461. The van der Waals surface area contributed by atoms with Crippen LogP contribution in [0.3, 0.4) is 0 Å². The molecule has 2 atom stereocenters. The number of ether oxygens (including phenoxy) is 4. The molecule has 1 aliphatic heterocycles. The van der Waals surface area contributed by atoms with Gasteiger partial charge in [0.1, 0.15) is 11.5 Å². The van der Waals surface area contributed by atoms with Crippen LogP contribution in [0.15, 0.2) is 0 Å². The fourth-order valence-corrected chi connectivity index (χ4v) is 3.93. The summed E-state index contributed by atoms with van der Waals surface area (Å²) in [6.07, 6.45) is 0.474. The van der Waals surface area contributed by atoms with Gasteiger partial charge in [-0.2, -0.15) is 0 Å². The Morgan fingerprint density at radius 1 is 1.00 bits per heavy atom. The second kappa shape index (κ2) is 7.14.